The van der Waals surface area contributed by atoms with Crippen LogP contribution < -0.4 is 0 Å². The van der Waals surface area contributed by atoms with Gasteiger partial charge in [-0.2, -0.15) is 0 Å². The van der Waals surface area contributed by atoms with Crippen LogP contribution in [0.25, 0.3) is 6.08 Å². The van der Waals surface area contributed by atoms with Crippen LogP contribution in [0, 0.1) is 0 Å². The second-order valence-corrected chi connectivity index (χ2v) is 3.74. The van der Waals surface area contributed by atoms with E-state index in [0.29, 0.717) is 13.2 Å². The molecule has 0 amide bonds. The Morgan fingerprint density at radius 1 is 1.41 bits per heavy atom. The van der Waals surface area contributed by atoms with Gasteiger partial charge < -0.3 is 14.6 Å². The van der Waals surface area contributed by atoms with Crippen molar-refractivity contribution in [1.29, 1.82) is 0 Å². The van der Waals surface area contributed by atoms with Gasteiger partial charge in [0.25, 0.3) is 0 Å². The Kier molecular flexibility index (Phi) is 3.90. The molecule has 2 rings (SSSR count). The van der Waals surface area contributed by atoms with E-state index in [1.807, 2.05) is 24.3 Å². The number of carbonyl (C=O) groups is 1. The fraction of sp³-hybridized carbons (Fsp3) is 0.308. The van der Waals surface area contributed by atoms with Gasteiger partial charge in [0, 0.05) is 5.56 Å². The Morgan fingerprint density at radius 3 is 2.88 bits per heavy atom. The van der Waals surface area contributed by atoms with E-state index in [9.17, 15) is 4.79 Å². The molecule has 0 radical (unpaired) electrons. The van der Waals surface area contributed by atoms with Crippen LogP contribution in [0.2, 0.25) is 0 Å². The van der Waals surface area contributed by atoms with Crippen molar-refractivity contribution in [3.05, 3.63) is 41.5 Å². The van der Waals surface area contributed by atoms with Gasteiger partial charge in [0.05, 0.1) is 19.6 Å². The molecule has 4 nitrogen and oxygen atoms in total. The van der Waals surface area contributed by atoms with Crippen LogP contribution in [-0.4, -0.2) is 24.3 Å². The summed E-state index contributed by atoms with van der Waals surface area (Å²) in [5, 5.41) is 8.53. The molecule has 17 heavy (non-hydrogen) atoms. The number of hydrogen-bond acceptors (Lipinski definition) is 3. The second kappa shape index (κ2) is 5.61. The molecule has 0 spiro atoms. The number of benzene rings is 1. The lowest BCUT2D eigenvalue weighted by molar-refractivity contribution is -0.135. The lowest BCUT2D eigenvalue weighted by Crippen LogP contribution is -1.97. The molecule has 0 saturated carbocycles. The predicted octanol–water partition coefficient (Wildman–Crippen LogP) is 2.22. The number of carboxylic acid groups (broad SMARTS) is 1. The largest absolute Gasteiger partial charge is 0.481 e. The molecule has 1 aromatic rings. The highest BCUT2D eigenvalue weighted by Crippen LogP contribution is 2.24. The Labute approximate surface area is 99.5 Å². The maximum absolute atomic E-state index is 10.4. The van der Waals surface area contributed by atoms with Gasteiger partial charge in [-0.25, -0.2) is 0 Å². The summed E-state index contributed by atoms with van der Waals surface area (Å²) in [6.07, 6.45) is 3.15. The van der Waals surface area contributed by atoms with Gasteiger partial charge in [-0.3, -0.25) is 4.79 Å². The maximum atomic E-state index is 10.4. The molecular formula is C13H14O4. The Bertz CT molecular complexity index is 419. The molecule has 1 heterocycles. The first-order valence-electron chi connectivity index (χ1n) is 5.47. The number of ether oxygens (including phenoxy) is 2. The van der Waals surface area contributed by atoms with Gasteiger partial charge in [-0.1, -0.05) is 30.4 Å². The van der Waals surface area contributed by atoms with E-state index in [-0.39, 0.29) is 12.7 Å². The van der Waals surface area contributed by atoms with Gasteiger partial charge in [-0.05, 0) is 11.6 Å². The monoisotopic (exact) mass is 234 g/mol. The molecule has 0 atom stereocenters. The maximum Gasteiger partial charge on any atom is 0.307 e. The predicted molar refractivity (Wildman–Crippen MR) is 62.4 cm³/mol. The molecule has 1 aliphatic rings. The standard InChI is InChI=1S/C13H14O4/c14-12(15)6-2-4-10-3-1-5-11(9-10)13-16-7-8-17-13/h1-5,9,13H,6-8H2,(H,14,15). The third-order valence-electron chi connectivity index (χ3n) is 2.41. The van der Waals surface area contributed by atoms with Crippen LogP contribution in [0.3, 0.4) is 0 Å². The molecule has 0 aliphatic carbocycles. The van der Waals surface area contributed by atoms with Crippen LogP contribution in [0.4, 0.5) is 0 Å². The van der Waals surface area contributed by atoms with E-state index in [2.05, 4.69) is 0 Å². The lowest BCUT2D eigenvalue weighted by Gasteiger charge is -2.09. The summed E-state index contributed by atoms with van der Waals surface area (Å²) >= 11 is 0. The van der Waals surface area contributed by atoms with Crippen LogP contribution in [-0.2, 0) is 14.3 Å². The fourth-order valence-corrected chi connectivity index (χ4v) is 1.66. The quantitative estimate of drug-likeness (QED) is 0.867. The molecule has 1 fully saturated rings. The van der Waals surface area contributed by atoms with E-state index in [1.165, 1.54) is 0 Å². The van der Waals surface area contributed by atoms with Gasteiger partial charge in [0.2, 0.25) is 0 Å². The van der Waals surface area contributed by atoms with Crippen molar-refractivity contribution in [2.75, 3.05) is 13.2 Å². The summed E-state index contributed by atoms with van der Waals surface area (Å²) < 4.78 is 10.8. The average Bonchev–Trinajstić information content (AvgIpc) is 2.82. The highest BCUT2D eigenvalue weighted by Gasteiger charge is 2.17. The molecule has 0 unspecified atom stereocenters. The zero-order valence-corrected chi connectivity index (χ0v) is 9.33. The van der Waals surface area contributed by atoms with Crippen molar-refractivity contribution in [2.45, 2.75) is 12.7 Å². The first-order valence-corrected chi connectivity index (χ1v) is 5.47. The van der Waals surface area contributed by atoms with E-state index < -0.39 is 5.97 Å². The first-order chi connectivity index (χ1) is 8.25. The minimum absolute atomic E-state index is 0.0284. The summed E-state index contributed by atoms with van der Waals surface area (Å²) in [7, 11) is 0. The van der Waals surface area contributed by atoms with E-state index >= 15 is 0 Å². The van der Waals surface area contributed by atoms with Crippen molar-refractivity contribution in [1.82, 2.24) is 0 Å². The smallest absolute Gasteiger partial charge is 0.307 e. The molecule has 90 valence electrons. The SMILES string of the molecule is O=C(O)CC=Cc1cccc(C2OCCO2)c1. The third kappa shape index (κ3) is 3.41. The minimum Gasteiger partial charge on any atom is -0.481 e. The molecule has 1 N–H and O–H groups in total. The molecular weight excluding hydrogens is 220 g/mol. The lowest BCUT2D eigenvalue weighted by atomic mass is 10.1. The Hall–Kier alpha value is -1.65. The highest BCUT2D eigenvalue weighted by atomic mass is 16.7. The average molecular weight is 234 g/mol. The van der Waals surface area contributed by atoms with Crippen LogP contribution in [0.15, 0.2) is 30.3 Å². The summed E-state index contributed by atoms with van der Waals surface area (Å²) in [6.45, 7) is 1.23. The number of aliphatic carboxylic acids is 1. The highest BCUT2D eigenvalue weighted by molar-refractivity contribution is 5.70. The van der Waals surface area contributed by atoms with Crippen LogP contribution in [0.1, 0.15) is 23.8 Å². The normalized spacial score (nSPS) is 16.7. The van der Waals surface area contributed by atoms with Crippen molar-refractivity contribution in [3.8, 4) is 0 Å². The number of hydrogen-bond donors (Lipinski definition) is 1. The fourth-order valence-electron chi connectivity index (χ4n) is 1.66. The summed E-state index contributed by atoms with van der Waals surface area (Å²) in [5.74, 6) is -0.833. The Balaban J connectivity index is 2.05. The number of carboxylic acids is 1. The van der Waals surface area contributed by atoms with E-state index in [1.54, 1.807) is 12.2 Å². The molecule has 0 aromatic heterocycles. The summed E-state index contributed by atoms with van der Waals surface area (Å²) in [4.78, 5) is 10.4. The molecule has 1 saturated heterocycles. The summed E-state index contributed by atoms with van der Waals surface area (Å²) in [5.41, 5.74) is 1.91. The Morgan fingerprint density at radius 2 is 2.18 bits per heavy atom. The van der Waals surface area contributed by atoms with Gasteiger partial charge >= 0.3 is 5.97 Å². The van der Waals surface area contributed by atoms with Crippen LogP contribution >= 0.6 is 0 Å². The zero-order chi connectivity index (χ0) is 12.1. The van der Waals surface area contributed by atoms with Crippen molar-refractivity contribution >= 4 is 12.0 Å². The second-order valence-electron chi connectivity index (χ2n) is 3.74. The molecule has 1 aromatic carbocycles. The van der Waals surface area contributed by atoms with Crippen molar-refractivity contribution in [2.24, 2.45) is 0 Å². The molecule has 1 aliphatic heterocycles. The molecule has 4 heteroatoms. The van der Waals surface area contributed by atoms with Gasteiger partial charge in [-0.15, -0.1) is 0 Å². The van der Waals surface area contributed by atoms with Gasteiger partial charge in [0.1, 0.15) is 0 Å². The topological polar surface area (TPSA) is 55.8 Å². The molecule has 0 bridgehead atoms. The van der Waals surface area contributed by atoms with Crippen molar-refractivity contribution in [3.63, 3.8) is 0 Å². The van der Waals surface area contributed by atoms with Crippen LogP contribution in [0.5, 0.6) is 0 Å². The first kappa shape index (κ1) is 11.8. The van der Waals surface area contributed by atoms with E-state index in [4.69, 9.17) is 14.6 Å². The zero-order valence-electron chi connectivity index (χ0n) is 9.33. The number of rotatable bonds is 4. The van der Waals surface area contributed by atoms with Gasteiger partial charge in [0.15, 0.2) is 6.29 Å². The summed E-state index contributed by atoms with van der Waals surface area (Å²) in [6, 6.07) is 7.69. The third-order valence-corrected chi connectivity index (χ3v) is 2.41. The van der Waals surface area contributed by atoms with E-state index in [0.717, 1.165) is 11.1 Å². The van der Waals surface area contributed by atoms with Crippen molar-refractivity contribution < 1.29 is 19.4 Å². The minimum atomic E-state index is -0.833.